The summed E-state index contributed by atoms with van der Waals surface area (Å²) < 4.78 is 0. The number of fused-ring (bicyclic) bond motifs is 2. The third kappa shape index (κ3) is 2.04. The lowest BCUT2D eigenvalue weighted by Gasteiger charge is -2.11. The number of nitrogens with zero attached hydrogens (tertiary/aromatic N) is 2. The van der Waals surface area contributed by atoms with Crippen molar-refractivity contribution in [1.29, 1.82) is 0 Å². The number of pyridine rings is 2. The Bertz CT molecular complexity index is 959. The van der Waals surface area contributed by atoms with Crippen LogP contribution in [0.2, 0.25) is 0 Å². The molecular formula is C20H16N2. The Morgan fingerprint density at radius 3 is 2.45 bits per heavy atom. The minimum Gasteiger partial charge on any atom is -0.256 e. The van der Waals surface area contributed by atoms with E-state index >= 15 is 0 Å². The molecule has 0 radical (unpaired) electrons. The molecule has 0 saturated heterocycles. The zero-order valence-corrected chi connectivity index (χ0v) is 12.5. The highest BCUT2D eigenvalue weighted by atomic mass is 14.7. The summed E-state index contributed by atoms with van der Waals surface area (Å²) in [5, 5.41) is 2.33. The molecule has 0 aliphatic rings. The van der Waals surface area contributed by atoms with Crippen LogP contribution in [0.1, 0.15) is 12.5 Å². The fourth-order valence-electron chi connectivity index (χ4n) is 2.94. The molecule has 0 bridgehead atoms. The van der Waals surface area contributed by atoms with E-state index in [-0.39, 0.29) is 0 Å². The number of hydrogen-bond acceptors (Lipinski definition) is 2. The molecular weight excluding hydrogens is 268 g/mol. The topological polar surface area (TPSA) is 25.8 Å². The zero-order chi connectivity index (χ0) is 14.9. The highest BCUT2D eigenvalue weighted by Crippen LogP contribution is 2.34. The fraction of sp³-hybridized carbons (Fsp3) is 0.100. The maximum Gasteiger partial charge on any atom is 0.0716 e. The summed E-state index contributed by atoms with van der Waals surface area (Å²) in [7, 11) is 0. The second-order valence-electron chi connectivity index (χ2n) is 5.42. The van der Waals surface area contributed by atoms with E-state index in [2.05, 4.69) is 54.4 Å². The summed E-state index contributed by atoms with van der Waals surface area (Å²) in [6.45, 7) is 2.18. The van der Waals surface area contributed by atoms with Crippen molar-refractivity contribution in [2.45, 2.75) is 13.3 Å². The van der Waals surface area contributed by atoms with Gasteiger partial charge in [0.15, 0.2) is 0 Å². The van der Waals surface area contributed by atoms with E-state index in [1.165, 1.54) is 16.5 Å². The van der Waals surface area contributed by atoms with Gasteiger partial charge < -0.3 is 0 Å². The van der Waals surface area contributed by atoms with Crippen molar-refractivity contribution in [3.05, 3.63) is 72.4 Å². The standard InChI is InChI=1S/C20H16N2/c1-2-14-10-11-18-16(13-14)20(19-9-5-6-12-21-19)15-7-3-4-8-17(15)22-18/h3-13H,2H2,1H3. The Morgan fingerprint density at radius 1 is 0.818 bits per heavy atom. The molecule has 0 N–H and O–H groups in total. The molecule has 106 valence electrons. The molecule has 0 fully saturated rings. The van der Waals surface area contributed by atoms with Crippen molar-refractivity contribution in [2.75, 3.05) is 0 Å². The van der Waals surface area contributed by atoms with E-state index in [4.69, 9.17) is 4.98 Å². The fourth-order valence-corrected chi connectivity index (χ4v) is 2.94. The lowest BCUT2D eigenvalue weighted by atomic mass is 9.97. The van der Waals surface area contributed by atoms with Gasteiger partial charge in [0.25, 0.3) is 0 Å². The molecule has 0 aliphatic heterocycles. The number of benzene rings is 2. The molecule has 0 spiro atoms. The third-order valence-electron chi connectivity index (χ3n) is 4.07. The van der Waals surface area contributed by atoms with E-state index in [0.29, 0.717) is 0 Å². The highest BCUT2D eigenvalue weighted by Gasteiger charge is 2.12. The number of hydrogen-bond donors (Lipinski definition) is 0. The van der Waals surface area contributed by atoms with Gasteiger partial charge in [-0.2, -0.15) is 0 Å². The van der Waals surface area contributed by atoms with E-state index in [0.717, 1.165) is 28.5 Å². The molecule has 2 heteroatoms. The summed E-state index contributed by atoms with van der Waals surface area (Å²) >= 11 is 0. The van der Waals surface area contributed by atoms with Crippen LogP contribution in [0.4, 0.5) is 0 Å². The normalized spacial score (nSPS) is 11.1. The molecule has 0 aliphatic carbocycles. The maximum absolute atomic E-state index is 4.81. The minimum atomic E-state index is 0.999. The molecule has 22 heavy (non-hydrogen) atoms. The summed E-state index contributed by atoms with van der Waals surface area (Å²) in [5.41, 5.74) is 5.54. The number of rotatable bonds is 2. The first-order valence-corrected chi connectivity index (χ1v) is 7.59. The second kappa shape index (κ2) is 5.23. The Kier molecular flexibility index (Phi) is 3.08. The maximum atomic E-state index is 4.81. The zero-order valence-electron chi connectivity index (χ0n) is 12.5. The molecule has 0 unspecified atom stereocenters. The van der Waals surface area contributed by atoms with Gasteiger partial charge in [-0.25, -0.2) is 4.98 Å². The van der Waals surface area contributed by atoms with Gasteiger partial charge in [0, 0.05) is 22.5 Å². The van der Waals surface area contributed by atoms with Crippen LogP contribution in [0, 0.1) is 0 Å². The van der Waals surface area contributed by atoms with E-state index < -0.39 is 0 Å². The van der Waals surface area contributed by atoms with Gasteiger partial charge in [0.1, 0.15) is 0 Å². The quantitative estimate of drug-likeness (QED) is 0.483. The van der Waals surface area contributed by atoms with Crippen molar-refractivity contribution >= 4 is 21.8 Å². The summed E-state index contributed by atoms with van der Waals surface area (Å²) in [4.78, 5) is 9.39. The van der Waals surface area contributed by atoms with Crippen LogP contribution in [0.3, 0.4) is 0 Å². The van der Waals surface area contributed by atoms with Crippen molar-refractivity contribution < 1.29 is 0 Å². The van der Waals surface area contributed by atoms with Crippen LogP contribution >= 0.6 is 0 Å². The van der Waals surface area contributed by atoms with Crippen LogP contribution in [-0.4, -0.2) is 9.97 Å². The van der Waals surface area contributed by atoms with Gasteiger partial charge in [-0.3, -0.25) is 4.98 Å². The first-order chi connectivity index (χ1) is 10.9. The van der Waals surface area contributed by atoms with Crippen LogP contribution in [0.5, 0.6) is 0 Å². The van der Waals surface area contributed by atoms with Gasteiger partial charge in [-0.15, -0.1) is 0 Å². The molecule has 0 saturated carbocycles. The lowest BCUT2D eigenvalue weighted by Crippen LogP contribution is -1.92. The van der Waals surface area contributed by atoms with Crippen LogP contribution in [0.15, 0.2) is 66.9 Å². The average Bonchev–Trinajstić information content (AvgIpc) is 2.60. The van der Waals surface area contributed by atoms with Gasteiger partial charge in [0.05, 0.1) is 16.7 Å². The Morgan fingerprint density at radius 2 is 1.64 bits per heavy atom. The van der Waals surface area contributed by atoms with E-state index in [9.17, 15) is 0 Å². The number of para-hydroxylation sites is 1. The molecule has 2 aromatic carbocycles. The molecule has 0 amide bonds. The predicted molar refractivity (Wildman–Crippen MR) is 91.9 cm³/mol. The van der Waals surface area contributed by atoms with E-state index in [1.54, 1.807) is 0 Å². The molecule has 4 rings (SSSR count). The smallest absolute Gasteiger partial charge is 0.0716 e. The van der Waals surface area contributed by atoms with Gasteiger partial charge >= 0.3 is 0 Å². The molecule has 2 heterocycles. The first kappa shape index (κ1) is 13.0. The summed E-state index contributed by atoms with van der Waals surface area (Å²) in [6, 6.07) is 20.9. The Labute approximate surface area is 129 Å². The van der Waals surface area contributed by atoms with Gasteiger partial charge in [-0.05, 0) is 42.3 Å². The SMILES string of the molecule is CCc1ccc2nc3ccccc3c(-c3ccccn3)c2c1. The largest absolute Gasteiger partial charge is 0.256 e. The first-order valence-electron chi connectivity index (χ1n) is 7.59. The van der Waals surface area contributed by atoms with Gasteiger partial charge in [-0.1, -0.05) is 37.3 Å². The van der Waals surface area contributed by atoms with E-state index in [1.807, 2.05) is 24.4 Å². The van der Waals surface area contributed by atoms with Crippen LogP contribution in [0.25, 0.3) is 33.1 Å². The lowest BCUT2D eigenvalue weighted by molar-refractivity contribution is 1.14. The van der Waals surface area contributed by atoms with Crippen molar-refractivity contribution in [3.63, 3.8) is 0 Å². The number of aromatic nitrogens is 2. The summed E-state index contributed by atoms with van der Waals surface area (Å²) in [6.07, 6.45) is 2.87. The predicted octanol–water partition coefficient (Wildman–Crippen LogP) is 5.01. The number of aryl methyl sites for hydroxylation is 1. The molecule has 4 aromatic rings. The Hall–Kier alpha value is -2.74. The highest BCUT2D eigenvalue weighted by molar-refractivity contribution is 6.08. The second-order valence-corrected chi connectivity index (χ2v) is 5.42. The monoisotopic (exact) mass is 284 g/mol. The molecule has 2 aromatic heterocycles. The van der Waals surface area contributed by atoms with Crippen LogP contribution in [-0.2, 0) is 6.42 Å². The van der Waals surface area contributed by atoms with Crippen molar-refractivity contribution in [3.8, 4) is 11.3 Å². The Balaban J connectivity index is 2.20. The van der Waals surface area contributed by atoms with Crippen molar-refractivity contribution in [2.24, 2.45) is 0 Å². The minimum absolute atomic E-state index is 0.999. The van der Waals surface area contributed by atoms with Crippen molar-refractivity contribution in [1.82, 2.24) is 9.97 Å². The van der Waals surface area contributed by atoms with Gasteiger partial charge in [0.2, 0.25) is 0 Å². The van der Waals surface area contributed by atoms with Crippen LogP contribution < -0.4 is 0 Å². The average molecular weight is 284 g/mol. The summed E-state index contributed by atoms with van der Waals surface area (Å²) in [5.74, 6) is 0. The molecule has 0 atom stereocenters. The third-order valence-corrected chi connectivity index (χ3v) is 4.07. The molecule has 2 nitrogen and oxygen atoms in total.